The third-order valence-electron chi connectivity index (χ3n) is 7.61. The van der Waals surface area contributed by atoms with Crippen LogP contribution < -0.4 is 18.9 Å². The van der Waals surface area contributed by atoms with Gasteiger partial charge in [-0.25, -0.2) is 0 Å². The third-order valence-corrected chi connectivity index (χ3v) is 7.61. The van der Waals surface area contributed by atoms with Crippen LogP contribution in [0.2, 0.25) is 0 Å². The van der Waals surface area contributed by atoms with Crippen LogP contribution in [0, 0.1) is 11.8 Å². The van der Waals surface area contributed by atoms with Crippen LogP contribution >= 0.6 is 0 Å². The first-order valence-corrected chi connectivity index (χ1v) is 12.5. The summed E-state index contributed by atoms with van der Waals surface area (Å²) in [5.74, 6) is 2.21. The molecule has 0 aliphatic carbocycles. The zero-order valence-corrected chi connectivity index (χ0v) is 21.4. The highest BCUT2D eigenvalue weighted by Crippen LogP contribution is 2.51. The molecule has 9 atom stereocenters. The molecule has 0 saturated carbocycles. The molecule has 3 aliphatic heterocycles. The van der Waals surface area contributed by atoms with Crippen molar-refractivity contribution in [3.63, 3.8) is 0 Å². The minimum absolute atomic E-state index is 0.120. The fourth-order valence-corrected chi connectivity index (χ4v) is 5.51. The van der Waals surface area contributed by atoms with Crippen LogP contribution in [-0.4, -0.2) is 92.3 Å². The van der Waals surface area contributed by atoms with E-state index in [1.807, 2.05) is 24.3 Å². The van der Waals surface area contributed by atoms with Crippen LogP contribution in [0.25, 0.3) is 0 Å². The summed E-state index contributed by atoms with van der Waals surface area (Å²) >= 11 is 0. The van der Waals surface area contributed by atoms with Crippen LogP contribution in [-0.2, 0) is 14.2 Å². The number of fused-ring (bicyclic) bond motifs is 1. The highest BCUT2D eigenvalue weighted by molar-refractivity contribution is 5.45. The third kappa shape index (κ3) is 4.79. The van der Waals surface area contributed by atoms with Gasteiger partial charge in [0.05, 0.1) is 53.4 Å². The second kappa shape index (κ2) is 11.2. The molecule has 3 saturated heterocycles. The number of ether oxygens (including phenoxy) is 7. The predicted octanol–water partition coefficient (Wildman–Crippen LogP) is 0.966. The van der Waals surface area contributed by atoms with Crippen LogP contribution in [0.3, 0.4) is 0 Å². The Labute approximate surface area is 220 Å². The summed E-state index contributed by atoms with van der Waals surface area (Å²) in [6.07, 6.45) is -7.29. The first-order valence-electron chi connectivity index (χ1n) is 12.5. The maximum atomic E-state index is 10.3. The molecule has 208 valence electrons. The van der Waals surface area contributed by atoms with Gasteiger partial charge in [0.15, 0.2) is 23.0 Å². The number of rotatable bonds is 8. The standard InChI is InChI=1S/C27H34O11/c1-32-17-6-4-13(8-19(17)33-2)25-15-11-36-26(16(15)12-35-25)14-5-7-18(20(9-14)34-3)37-27-24(31)23(30)22(29)21(10-28)38-27/h4-9,15-16,21-31H,10-12H2,1-3H3/t15-,16-,21+,22-,23-,24-,25+,26+,27+/m0/s1. The summed E-state index contributed by atoms with van der Waals surface area (Å²) in [4.78, 5) is 0. The molecule has 0 bridgehead atoms. The molecule has 0 amide bonds. The number of hydrogen-bond donors (Lipinski definition) is 4. The van der Waals surface area contributed by atoms with Crippen LogP contribution in [0.4, 0.5) is 0 Å². The Morgan fingerprint density at radius 1 is 0.711 bits per heavy atom. The van der Waals surface area contributed by atoms with E-state index in [0.29, 0.717) is 30.5 Å². The van der Waals surface area contributed by atoms with Crippen molar-refractivity contribution in [3.05, 3.63) is 47.5 Å². The van der Waals surface area contributed by atoms with E-state index in [2.05, 4.69) is 0 Å². The van der Waals surface area contributed by atoms with Gasteiger partial charge < -0.3 is 53.6 Å². The Morgan fingerprint density at radius 2 is 1.24 bits per heavy atom. The topological polar surface area (TPSA) is 146 Å². The lowest BCUT2D eigenvalue weighted by Gasteiger charge is -2.39. The summed E-state index contributed by atoms with van der Waals surface area (Å²) < 4.78 is 40.1. The lowest BCUT2D eigenvalue weighted by molar-refractivity contribution is -0.277. The molecule has 11 heteroatoms. The molecule has 2 aromatic carbocycles. The van der Waals surface area contributed by atoms with E-state index in [4.69, 9.17) is 33.2 Å². The lowest BCUT2D eigenvalue weighted by Crippen LogP contribution is -2.60. The highest BCUT2D eigenvalue weighted by Gasteiger charge is 2.49. The van der Waals surface area contributed by atoms with E-state index in [9.17, 15) is 20.4 Å². The SMILES string of the molecule is COc1ccc([C@H]2OC[C@H]3[C@@H]2CO[C@@H]3c2ccc(O[C@@H]3O[C@H](CO)[C@H](O)[C@H](O)[C@@H]3O)c(OC)c2)cc1OC. The smallest absolute Gasteiger partial charge is 0.229 e. The average molecular weight is 535 g/mol. The second-order valence-electron chi connectivity index (χ2n) is 9.68. The van der Waals surface area contributed by atoms with Gasteiger partial charge in [-0.3, -0.25) is 0 Å². The van der Waals surface area contributed by atoms with Crippen LogP contribution in [0.5, 0.6) is 23.0 Å². The minimum atomic E-state index is -1.54. The number of hydrogen-bond acceptors (Lipinski definition) is 11. The van der Waals surface area contributed by atoms with Gasteiger partial charge in [-0.05, 0) is 35.4 Å². The Kier molecular flexibility index (Phi) is 7.96. The van der Waals surface area contributed by atoms with Gasteiger partial charge in [0.25, 0.3) is 0 Å². The predicted molar refractivity (Wildman–Crippen MR) is 131 cm³/mol. The Bertz CT molecular complexity index is 1110. The van der Waals surface area contributed by atoms with Crippen molar-refractivity contribution in [3.8, 4) is 23.0 Å². The van der Waals surface area contributed by atoms with Crippen molar-refractivity contribution >= 4 is 0 Å². The Balaban J connectivity index is 1.31. The molecule has 0 aromatic heterocycles. The summed E-state index contributed by atoms with van der Waals surface area (Å²) in [6, 6.07) is 11.1. The summed E-state index contributed by atoms with van der Waals surface area (Å²) in [5, 5.41) is 39.8. The number of aliphatic hydroxyl groups is 4. The van der Waals surface area contributed by atoms with E-state index in [0.717, 1.165) is 11.1 Å². The van der Waals surface area contributed by atoms with Gasteiger partial charge in [-0.2, -0.15) is 0 Å². The molecule has 0 unspecified atom stereocenters. The number of aliphatic hydroxyl groups excluding tert-OH is 4. The van der Waals surface area contributed by atoms with Crippen molar-refractivity contribution in [2.45, 2.75) is 42.9 Å². The van der Waals surface area contributed by atoms with Crippen molar-refractivity contribution in [1.29, 1.82) is 0 Å². The first-order chi connectivity index (χ1) is 18.4. The zero-order chi connectivity index (χ0) is 27.0. The largest absolute Gasteiger partial charge is 0.493 e. The van der Waals surface area contributed by atoms with Crippen molar-refractivity contribution in [2.24, 2.45) is 11.8 Å². The summed E-state index contributed by atoms with van der Waals surface area (Å²) in [7, 11) is 4.69. The monoisotopic (exact) mass is 534 g/mol. The molecule has 11 nitrogen and oxygen atoms in total. The average Bonchev–Trinajstić information content (AvgIpc) is 3.55. The fraction of sp³-hybridized carbons (Fsp3) is 0.556. The molecule has 3 fully saturated rings. The molecule has 4 N–H and O–H groups in total. The van der Waals surface area contributed by atoms with Crippen molar-refractivity contribution in [1.82, 2.24) is 0 Å². The molecule has 3 heterocycles. The molecule has 3 aliphatic rings. The summed E-state index contributed by atoms with van der Waals surface area (Å²) in [6.45, 7) is 0.508. The van der Waals surface area contributed by atoms with Crippen molar-refractivity contribution in [2.75, 3.05) is 41.2 Å². The van der Waals surface area contributed by atoms with Gasteiger partial charge >= 0.3 is 0 Å². The van der Waals surface area contributed by atoms with Gasteiger partial charge in [-0.15, -0.1) is 0 Å². The maximum absolute atomic E-state index is 10.3. The van der Waals surface area contributed by atoms with E-state index in [-0.39, 0.29) is 29.8 Å². The number of methoxy groups -OCH3 is 3. The molecule has 0 spiro atoms. The Hall–Kier alpha value is -2.64. The van der Waals surface area contributed by atoms with Crippen LogP contribution in [0.1, 0.15) is 23.3 Å². The number of benzene rings is 2. The summed E-state index contributed by atoms with van der Waals surface area (Å²) in [5.41, 5.74) is 1.88. The van der Waals surface area contributed by atoms with Crippen LogP contribution in [0.15, 0.2) is 36.4 Å². The normalized spacial score (nSPS) is 34.6. The fourth-order valence-electron chi connectivity index (χ4n) is 5.51. The molecule has 0 radical (unpaired) electrons. The Morgan fingerprint density at radius 3 is 1.76 bits per heavy atom. The molecule has 2 aromatic rings. The van der Waals surface area contributed by atoms with E-state index < -0.39 is 37.3 Å². The molecule has 5 rings (SSSR count). The quantitative estimate of drug-likeness (QED) is 0.384. The highest BCUT2D eigenvalue weighted by atomic mass is 16.7. The first kappa shape index (κ1) is 26.9. The van der Waals surface area contributed by atoms with E-state index in [1.165, 1.54) is 7.11 Å². The minimum Gasteiger partial charge on any atom is -0.493 e. The molecular formula is C27H34O11. The zero-order valence-electron chi connectivity index (χ0n) is 21.4. The van der Waals surface area contributed by atoms with Gasteiger partial charge in [-0.1, -0.05) is 12.1 Å². The van der Waals surface area contributed by atoms with Crippen molar-refractivity contribution < 1.29 is 53.6 Å². The lowest BCUT2D eigenvalue weighted by atomic mass is 9.85. The second-order valence-corrected chi connectivity index (χ2v) is 9.68. The molecule has 38 heavy (non-hydrogen) atoms. The molecular weight excluding hydrogens is 500 g/mol. The van der Waals surface area contributed by atoms with Gasteiger partial charge in [0.2, 0.25) is 6.29 Å². The van der Waals surface area contributed by atoms with E-state index >= 15 is 0 Å². The maximum Gasteiger partial charge on any atom is 0.229 e. The van der Waals surface area contributed by atoms with Gasteiger partial charge in [0.1, 0.15) is 24.4 Å². The van der Waals surface area contributed by atoms with Gasteiger partial charge in [0, 0.05) is 11.8 Å². The van der Waals surface area contributed by atoms with E-state index in [1.54, 1.807) is 26.4 Å².